The maximum absolute atomic E-state index is 11.0. The first-order valence-electron chi connectivity index (χ1n) is 12.8. The van der Waals surface area contributed by atoms with Crippen molar-refractivity contribution < 1.29 is 24.1 Å². The lowest BCUT2D eigenvalue weighted by Crippen LogP contribution is -2.42. The van der Waals surface area contributed by atoms with E-state index in [4.69, 9.17) is 19.3 Å². The van der Waals surface area contributed by atoms with Gasteiger partial charge in [-0.1, -0.05) is 18.2 Å². The Balaban J connectivity index is 1.16. The minimum absolute atomic E-state index is 0.497. The molecule has 1 aromatic heterocycles. The fourth-order valence-electron chi connectivity index (χ4n) is 5.00. The molecule has 0 unspecified atom stereocenters. The zero-order valence-corrected chi connectivity index (χ0v) is 21.1. The van der Waals surface area contributed by atoms with E-state index in [0.29, 0.717) is 25.1 Å². The van der Waals surface area contributed by atoms with Gasteiger partial charge in [0.15, 0.2) is 11.5 Å². The van der Waals surface area contributed by atoms with Crippen LogP contribution >= 0.6 is 0 Å². The van der Waals surface area contributed by atoms with Gasteiger partial charge < -0.3 is 29.5 Å². The standard InChI is InChI=1S/C29H33N3O5/c1-35-27-8-6-24-21(5-9-28(33)34)3-4-22(29(24)31-27)10-13-32-14-11-23(12-15-32)30-19-20-2-7-25-26(18-20)37-17-16-36-25/h2-9,18,23,30H,10-17,19H2,1H3,(H,33,34)/b9-5+. The van der Waals surface area contributed by atoms with E-state index >= 15 is 0 Å². The Hall–Kier alpha value is -3.62. The highest BCUT2D eigenvalue weighted by molar-refractivity contribution is 5.94. The second-order valence-corrected chi connectivity index (χ2v) is 9.46. The number of ether oxygens (including phenoxy) is 3. The topological polar surface area (TPSA) is 93.2 Å². The minimum atomic E-state index is -0.970. The van der Waals surface area contributed by atoms with Gasteiger partial charge in [-0.3, -0.25) is 0 Å². The van der Waals surface area contributed by atoms with Crippen LogP contribution in [0.15, 0.2) is 48.5 Å². The van der Waals surface area contributed by atoms with Crippen molar-refractivity contribution in [2.75, 3.05) is 40.0 Å². The molecule has 3 aromatic rings. The summed E-state index contributed by atoms with van der Waals surface area (Å²) in [7, 11) is 1.61. The number of methoxy groups -OCH3 is 1. The number of benzene rings is 2. The number of piperidine rings is 1. The van der Waals surface area contributed by atoms with Crippen LogP contribution in [-0.2, 0) is 17.8 Å². The molecule has 8 heteroatoms. The maximum Gasteiger partial charge on any atom is 0.328 e. The quantitative estimate of drug-likeness (QED) is 0.425. The van der Waals surface area contributed by atoms with Crippen LogP contribution in [0.2, 0.25) is 0 Å². The average Bonchev–Trinajstić information content (AvgIpc) is 2.94. The third kappa shape index (κ3) is 6.21. The van der Waals surface area contributed by atoms with Gasteiger partial charge in [-0.15, -0.1) is 0 Å². The van der Waals surface area contributed by atoms with Gasteiger partial charge in [-0.05, 0) is 73.3 Å². The molecule has 0 aliphatic carbocycles. The summed E-state index contributed by atoms with van der Waals surface area (Å²) in [5.74, 6) is 1.25. The number of nitrogens with zero attached hydrogens (tertiary/aromatic N) is 2. The van der Waals surface area contributed by atoms with Gasteiger partial charge in [0.2, 0.25) is 5.88 Å². The van der Waals surface area contributed by atoms with E-state index in [1.165, 1.54) is 5.56 Å². The van der Waals surface area contributed by atoms with Crippen LogP contribution in [0.1, 0.15) is 29.5 Å². The molecule has 3 heterocycles. The third-order valence-electron chi connectivity index (χ3n) is 7.05. The summed E-state index contributed by atoms with van der Waals surface area (Å²) >= 11 is 0. The van der Waals surface area contributed by atoms with Crippen molar-refractivity contribution >= 4 is 22.9 Å². The number of aromatic nitrogens is 1. The number of hydrogen-bond acceptors (Lipinski definition) is 7. The molecule has 0 saturated carbocycles. The molecule has 0 spiro atoms. The molecule has 37 heavy (non-hydrogen) atoms. The van der Waals surface area contributed by atoms with Gasteiger partial charge >= 0.3 is 5.97 Å². The van der Waals surface area contributed by atoms with E-state index in [2.05, 4.69) is 33.4 Å². The maximum atomic E-state index is 11.0. The van der Waals surface area contributed by atoms with Gasteiger partial charge in [0, 0.05) is 36.7 Å². The Morgan fingerprint density at radius 1 is 1.14 bits per heavy atom. The van der Waals surface area contributed by atoms with E-state index in [1.807, 2.05) is 24.3 Å². The number of aliphatic carboxylic acids is 1. The number of likely N-dealkylation sites (tertiary alicyclic amines) is 1. The first-order chi connectivity index (χ1) is 18.1. The van der Waals surface area contributed by atoms with E-state index < -0.39 is 5.97 Å². The number of hydrogen-bond donors (Lipinski definition) is 2. The Kier molecular flexibility index (Phi) is 7.87. The normalized spacial score (nSPS) is 16.4. The zero-order valence-electron chi connectivity index (χ0n) is 21.1. The van der Waals surface area contributed by atoms with Crippen molar-refractivity contribution in [3.05, 3.63) is 65.2 Å². The SMILES string of the molecule is COc1ccc2c(/C=C/C(=O)O)ccc(CCN3CCC(NCc4ccc5c(c4)OCCO5)CC3)c2n1. The lowest BCUT2D eigenvalue weighted by Gasteiger charge is -2.32. The van der Waals surface area contributed by atoms with Gasteiger partial charge in [0.05, 0.1) is 12.6 Å². The van der Waals surface area contributed by atoms with Crippen molar-refractivity contribution in [1.82, 2.24) is 15.2 Å². The summed E-state index contributed by atoms with van der Waals surface area (Å²) in [6.45, 7) is 5.09. The highest BCUT2D eigenvalue weighted by atomic mass is 16.6. The molecule has 5 rings (SSSR count). The number of nitrogens with one attached hydrogen (secondary N) is 1. The van der Waals surface area contributed by atoms with Crippen molar-refractivity contribution in [2.24, 2.45) is 0 Å². The van der Waals surface area contributed by atoms with Crippen molar-refractivity contribution in [1.29, 1.82) is 0 Å². The summed E-state index contributed by atoms with van der Waals surface area (Å²) in [6.07, 6.45) is 5.86. The largest absolute Gasteiger partial charge is 0.486 e. The molecule has 1 fully saturated rings. The Bertz CT molecular complexity index is 1280. The summed E-state index contributed by atoms with van der Waals surface area (Å²) in [5.41, 5.74) is 4.05. The Labute approximate surface area is 216 Å². The molecular weight excluding hydrogens is 470 g/mol. The predicted molar refractivity (Wildman–Crippen MR) is 142 cm³/mol. The molecule has 2 aromatic carbocycles. The number of carboxylic acid groups (broad SMARTS) is 1. The summed E-state index contributed by atoms with van der Waals surface area (Å²) in [6, 6.07) is 14.5. The lowest BCUT2D eigenvalue weighted by atomic mass is 10.00. The second-order valence-electron chi connectivity index (χ2n) is 9.46. The van der Waals surface area contributed by atoms with E-state index in [-0.39, 0.29) is 0 Å². The highest BCUT2D eigenvalue weighted by Gasteiger charge is 2.20. The first kappa shape index (κ1) is 25.0. The molecule has 2 aliphatic rings. The van der Waals surface area contributed by atoms with E-state index in [1.54, 1.807) is 13.2 Å². The van der Waals surface area contributed by atoms with Crippen LogP contribution in [0, 0.1) is 0 Å². The molecular formula is C29H33N3O5. The fraction of sp³-hybridized carbons (Fsp3) is 0.379. The van der Waals surface area contributed by atoms with Gasteiger partial charge in [-0.25, -0.2) is 9.78 Å². The van der Waals surface area contributed by atoms with Crippen LogP contribution in [0.25, 0.3) is 17.0 Å². The molecule has 0 bridgehead atoms. The van der Waals surface area contributed by atoms with E-state index in [0.717, 1.165) is 85.0 Å². The number of carbonyl (C=O) groups is 1. The van der Waals surface area contributed by atoms with Gasteiger partial charge in [-0.2, -0.15) is 0 Å². The summed E-state index contributed by atoms with van der Waals surface area (Å²) in [5, 5.41) is 13.7. The molecule has 0 atom stereocenters. The number of fused-ring (bicyclic) bond motifs is 2. The second kappa shape index (κ2) is 11.6. The van der Waals surface area contributed by atoms with Crippen LogP contribution in [0.5, 0.6) is 17.4 Å². The smallest absolute Gasteiger partial charge is 0.328 e. The molecule has 0 radical (unpaired) electrons. The molecule has 2 aliphatic heterocycles. The molecule has 8 nitrogen and oxygen atoms in total. The minimum Gasteiger partial charge on any atom is -0.486 e. The van der Waals surface area contributed by atoms with Crippen LogP contribution in [0.4, 0.5) is 0 Å². The third-order valence-corrected chi connectivity index (χ3v) is 7.05. The van der Waals surface area contributed by atoms with Gasteiger partial charge in [0.25, 0.3) is 0 Å². The summed E-state index contributed by atoms with van der Waals surface area (Å²) in [4.78, 5) is 18.2. The van der Waals surface area contributed by atoms with Crippen LogP contribution in [0.3, 0.4) is 0 Å². The fourth-order valence-corrected chi connectivity index (χ4v) is 5.00. The van der Waals surface area contributed by atoms with Crippen LogP contribution in [-0.4, -0.2) is 67.0 Å². The number of pyridine rings is 1. The number of carboxylic acids is 1. The highest BCUT2D eigenvalue weighted by Crippen LogP contribution is 2.31. The Morgan fingerprint density at radius 2 is 1.95 bits per heavy atom. The molecule has 1 saturated heterocycles. The Morgan fingerprint density at radius 3 is 2.73 bits per heavy atom. The monoisotopic (exact) mass is 503 g/mol. The van der Waals surface area contributed by atoms with Crippen molar-refractivity contribution in [3.63, 3.8) is 0 Å². The molecule has 194 valence electrons. The van der Waals surface area contributed by atoms with E-state index in [9.17, 15) is 4.79 Å². The number of rotatable bonds is 9. The first-order valence-corrected chi connectivity index (χ1v) is 12.8. The average molecular weight is 504 g/mol. The molecule has 2 N–H and O–H groups in total. The lowest BCUT2D eigenvalue weighted by molar-refractivity contribution is -0.131. The zero-order chi connectivity index (χ0) is 25.6. The van der Waals surface area contributed by atoms with Crippen molar-refractivity contribution in [2.45, 2.75) is 31.8 Å². The predicted octanol–water partition coefficient (Wildman–Crippen LogP) is 3.91. The molecule has 0 amide bonds. The van der Waals surface area contributed by atoms with Crippen molar-refractivity contribution in [3.8, 4) is 17.4 Å². The van der Waals surface area contributed by atoms with Crippen LogP contribution < -0.4 is 19.5 Å². The summed E-state index contributed by atoms with van der Waals surface area (Å²) < 4.78 is 16.7. The van der Waals surface area contributed by atoms with Gasteiger partial charge in [0.1, 0.15) is 13.2 Å².